The molecule has 1 aromatic rings. The number of hydrogen-bond acceptors (Lipinski definition) is 2. The van der Waals surface area contributed by atoms with Crippen LogP contribution in [0.3, 0.4) is 0 Å². The van der Waals surface area contributed by atoms with Gasteiger partial charge in [-0.3, -0.25) is 9.79 Å². The molecule has 0 saturated heterocycles. The normalized spacial score (nSPS) is 16.7. The summed E-state index contributed by atoms with van der Waals surface area (Å²) in [6.07, 6.45) is 6.86. The number of allylic oxidation sites excluding steroid dienone is 2. The summed E-state index contributed by atoms with van der Waals surface area (Å²) in [5.41, 5.74) is 2.70. The highest BCUT2D eigenvalue weighted by Crippen LogP contribution is 2.25. The van der Waals surface area contributed by atoms with E-state index in [9.17, 15) is 9.18 Å². The van der Waals surface area contributed by atoms with Gasteiger partial charge in [0.1, 0.15) is 5.82 Å². The molecule has 1 saturated carbocycles. The van der Waals surface area contributed by atoms with Gasteiger partial charge in [0.2, 0.25) is 0 Å². The highest BCUT2D eigenvalue weighted by molar-refractivity contribution is 6.11. The Kier molecular flexibility index (Phi) is 5.69. The Hall–Kier alpha value is -1.97. The minimum absolute atomic E-state index is 0.108. The van der Waals surface area contributed by atoms with Crippen LogP contribution in [0.1, 0.15) is 54.6 Å². The van der Waals surface area contributed by atoms with Crippen molar-refractivity contribution in [2.45, 2.75) is 46.1 Å². The van der Waals surface area contributed by atoms with Crippen molar-refractivity contribution in [2.24, 2.45) is 10.9 Å². The van der Waals surface area contributed by atoms with E-state index in [-0.39, 0.29) is 17.5 Å². The van der Waals surface area contributed by atoms with Gasteiger partial charge < -0.3 is 5.32 Å². The molecular formula is C19H25FN2O. The van der Waals surface area contributed by atoms with Crippen molar-refractivity contribution in [1.29, 1.82) is 0 Å². The van der Waals surface area contributed by atoms with E-state index in [0.29, 0.717) is 5.92 Å². The molecule has 1 N–H and O–H groups in total. The molecule has 0 bridgehead atoms. The van der Waals surface area contributed by atoms with E-state index in [0.717, 1.165) is 36.0 Å². The summed E-state index contributed by atoms with van der Waals surface area (Å²) in [4.78, 5) is 16.3. The molecule has 0 heterocycles. The van der Waals surface area contributed by atoms with Gasteiger partial charge in [0.15, 0.2) is 0 Å². The lowest BCUT2D eigenvalue weighted by molar-refractivity contribution is 0.0947. The average molecular weight is 316 g/mol. The van der Waals surface area contributed by atoms with Crippen LogP contribution in [0.15, 0.2) is 23.2 Å². The Balaban J connectivity index is 2.43. The van der Waals surface area contributed by atoms with Gasteiger partial charge >= 0.3 is 0 Å². The number of aryl methyl sites for hydroxylation is 1. The Morgan fingerprint density at radius 1 is 1.43 bits per heavy atom. The molecule has 23 heavy (non-hydrogen) atoms. The Morgan fingerprint density at radius 3 is 2.70 bits per heavy atom. The molecular weight excluding hydrogens is 291 g/mol. The molecule has 124 valence electrons. The Bertz CT molecular complexity index is 645. The summed E-state index contributed by atoms with van der Waals surface area (Å²) in [6, 6.07) is 3.29. The van der Waals surface area contributed by atoms with Crippen molar-refractivity contribution in [1.82, 2.24) is 5.32 Å². The first-order valence-corrected chi connectivity index (χ1v) is 8.21. The number of carbonyl (C=O) groups is 1. The van der Waals surface area contributed by atoms with E-state index in [1.807, 2.05) is 6.92 Å². The molecule has 1 aromatic carbocycles. The monoisotopic (exact) mass is 316 g/mol. The summed E-state index contributed by atoms with van der Waals surface area (Å²) >= 11 is 0. The van der Waals surface area contributed by atoms with E-state index in [2.05, 4.69) is 30.2 Å². The van der Waals surface area contributed by atoms with Gasteiger partial charge in [0.25, 0.3) is 5.91 Å². The fourth-order valence-corrected chi connectivity index (χ4v) is 2.41. The Labute approximate surface area is 137 Å². The van der Waals surface area contributed by atoms with Gasteiger partial charge in [-0.15, -0.1) is 0 Å². The largest absolute Gasteiger partial charge is 0.349 e. The topological polar surface area (TPSA) is 41.5 Å². The molecule has 1 amide bonds. The standard InChI is InChI=1S/C19H25FN2O/c1-5-12(2)8-14(11-21-4)16-10-17(18(20)9-13(16)3)19(23)22-15-6-7-15/h8-12,15H,5-7H2,1-4H3,(H,22,23)/b14-8+,21-11-. The van der Waals surface area contributed by atoms with Gasteiger partial charge in [-0.25, -0.2) is 4.39 Å². The van der Waals surface area contributed by atoms with Crippen molar-refractivity contribution in [3.63, 3.8) is 0 Å². The average Bonchev–Trinajstić information content (AvgIpc) is 3.30. The smallest absolute Gasteiger partial charge is 0.254 e. The molecule has 1 atom stereocenters. The molecule has 2 rings (SSSR count). The van der Waals surface area contributed by atoms with Crippen molar-refractivity contribution in [2.75, 3.05) is 7.05 Å². The maximum atomic E-state index is 14.2. The highest BCUT2D eigenvalue weighted by atomic mass is 19.1. The van der Waals surface area contributed by atoms with E-state index >= 15 is 0 Å². The third-order valence-corrected chi connectivity index (χ3v) is 4.16. The zero-order valence-electron chi connectivity index (χ0n) is 14.3. The molecule has 1 aliphatic carbocycles. The summed E-state index contributed by atoms with van der Waals surface area (Å²) in [6.45, 7) is 6.10. The number of nitrogens with zero attached hydrogens (tertiary/aromatic N) is 1. The van der Waals surface area contributed by atoms with Gasteiger partial charge in [-0.05, 0) is 54.5 Å². The zero-order valence-corrected chi connectivity index (χ0v) is 14.3. The molecule has 1 aliphatic rings. The van der Waals surface area contributed by atoms with Crippen molar-refractivity contribution in [3.8, 4) is 0 Å². The molecule has 1 unspecified atom stereocenters. The summed E-state index contributed by atoms with van der Waals surface area (Å²) in [5.74, 6) is -0.417. The Morgan fingerprint density at radius 2 is 2.13 bits per heavy atom. The quantitative estimate of drug-likeness (QED) is 0.787. The molecule has 0 radical (unpaired) electrons. The molecule has 0 spiro atoms. The van der Waals surface area contributed by atoms with Crippen LogP contribution in [0.4, 0.5) is 4.39 Å². The number of amides is 1. The van der Waals surface area contributed by atoms with E-state index < -0.39 is 5.82 Å². The van der Waals surface area contributed by atoms with E-state index in [4.69, 9.17) is 0 Å². The molecule has 3 nitrogen and oxygen atoms in total. The minimum atomic E-state index is -0.472. The minimum Gasteiger partial charge on any atom is -0.349 e. The number of hydrogen-bond donors (Lipinski definition) is 1. The van der Waals surface area contributed by atoms with Crippen LogP contribution in [0, 0.1) is 18.7 Å². The third kappa shape index (κ3) is 4.50. The SMILES string of the molecule is CCC(C)/C=C(\C=N/C)c1cc(C(=O)NC2CC2)c(F)cc1C. The molecule has 0 aliphatic heterocycles. The second kappa shape index (κ2) is 7.53. The molecule has 0 aromatic heterocycles. The maximum absolute atomic E-state index is 14.2. The number of rotatable bonds is 6. The van der Waals surface area contributed by atoms with Crippen LogP contribution in [0.25, 0.3) is 5.57 Å². The first-order chi connectivity index (χ1) is 11.0. The zero-order chi connectivity index (χ0) is 17.0. The number of aliphatic imine (C=N–C) groups is 1. The first-order valence-electron chi connectivity index (χ1n) is 8.21. The first kappa shape index (κ1) is 17.4. The number of nitrogens with one attached hydrogen (secondary N) is 1. The van der Waals surface area contributed by atoms with Crippen molar-refractivity contribution >= 4 is 17.7 Å². The second-order valence-electron chi connectivity index (χ2n) is 6.29. The fraction of sp³-hybridized carbons (Fsp3) is 0.474. The van der Waals surface area contributed by atoms with Crippen molar-refractivity contribution in [3.05, 3.63) is 40.7 Å². The maximum Gasteiger partial charge on any atom is 0.254 e. The number of carbonyl (C=O) groups excluding carboxylic acids is 1. The summed E-state index contributed by atoms with van der Waals surface area (Å²) in [7, 11) is 1.71. The third-order valence-electron chi connectivity index (χ3n) is 4.16. The lowest BCUT2D eigenvalue weighted by Crippen LogP contribution is -2.26. The van der Waals surface area contributed by atoms with Crippen LogP contribution >= 0.6 is 0 Å². The van der Waals surface area contributed by atoms with Crippen LogP contribution in [-0.4, -0.2) is 25.2 Å². The van der Waals surface area contributed by atoms with Crippen molar-refractivity contribution < 1.29 is 9.18 Å². The van der Waals surface area contributed by atoms with Gasteiger partial charge in [-0.1, -0.05) is 26.3 Å². The number of benzene rings is 1. The number of halogens is 1. The van der Waals surface area contributed by atoms with Crippen LogP contribution < -0.4 is 5.32 Å². The predicted molar refractivity (Wildman–Crippen MR) is 93.5 cm³/mol. The molecule has 1 fully saturated rings. The summed E-state index contributed by atoms with van der Waals surface area (Å²) in [5, 5.41) is 2.85. The van der Waals surface area contributed by atoms with Gasteiger partial charge in [-0.2, -0.15) is 0 Å². The van der Waals surface area contributed by atoms with Gasteiger partial charge in [0, 0.05) is 19.3 Å². The highest BCUT2D eigenvalue weighted by Gasteiger charge is 2.25. The fourth-order valence-electron chi connectivity index (χ4n) is 2.41. The lowest BCUT2D eigenvalue weighted by Gasteiger charge is -2.13. The summed E-state index contributed by atoms with van der Waals surface area (Å²) < 4.78 is 14.2. The van der Waals surface area contributed by atoms with Crippen LogP contribution in [-0.2, 0) is 0 Å². The lowest BCUT2D eigenvalue weighted by atomic mass is 9.94. The predicted octanol–water partition coefficient (Wildman–Crippen LogP) is 4.16. The van der Waals surface area contributed by atoms with Gasteiger partial charge in [0.05, 0.1) is 5.56 Å². The van der Waals surface area contributed by atoms with E-state index in [1.165, 1.54) is 6.07 Å². The van der Waals surface area contributed by atoms with Crippen LogP contribution in [0.5, 0.6) is 0 Å². The molecule has 4 heteroatoms. The van der Waals surface area contributed by atoms with Crippen LogP contribution in [0.2, 0.25) is 0 Å². The second-order valence-corrected chi connectivity index (χ2v) is 6.29. The van der Waals surface area contributed by atoms with E-state index in [1.54, 1.807) is 19.3 Å².